The number of hydrogen-bond acceptors (Lipinski definition) is 5. The van der Waals surface area contributed by atoms with E-state index in [9.17, 15) is 5.11 Å². The molecule has 0 bridgehead atoms. The van der Waals surface area contributed by atoms with E-state index in [0.717, 1.165) is 66.6 Å². The van der Waals surface area contributed by atoms with Gasteiger partial charge in [-0.1, -0.05) is 30.0 Å². The zero-order valence-electron chi connectivity index (χ0n) is 16.1. The summed E-state index contributed by atoms with van der Waals surface area (Å²) in [6.45, 7) is 4.31. The van der Waals surface area contributed by atoms with Crippen molar-refractivity contribution in [2.45, 2.75) is 28.2 Å². The van der Waals surface area contributed by atoms with E-state index in [-0.39, 0.29) is 0 Å². The third-order valence-corrected chi connectivity index (χ3v) is 6.63. The number of ether oxygens (including phenoxy) is 1. The second-order valence-corrected chi connectivity index (χ2v) is 8.73. The number of morpholine rings is 1. The Hall–Kier alpha value is -1.53. The van der Waals surface area contributed by atoms with Gasteiger partial charge >= 0.3 is 0 Å². The number of anilines is 1. The average molecular weight is 385 g/mol. The smallest absolute Gasteiger partial charge is 0.117 e. The van der Waals surface area contributed by atoms with Crippen molar-refractivity contribution >= 4 is 17.4 Å². The summed E-state index contributed by atoms with van der Waals surface area (Å²) in [7, 11) is 4.17. The maximum atomic E-state index is 11.9. The van der Waals surface area contributed by atoms with Crippen molar-refractivity contribution in [1.29, 1.82) is 0 Å². The molecule has 27 heavy (non-hydrogen) atoms. The minimum absolute atomic E-state index is 0.725. The van der Waals surface area contributed by atoms with Crippen molar-refractivity contribution in [3.63, 3.8) is 0 Å². The lowest BCUT2D eigenvalue weighted by Crippen LogP contribution is -2.37. The van der Waals surface area contributed by atoms with Gasteiger partial charge in [-0.2, -0.15) is 0 Å². The van der Waals surface area contributed by atoms with Crippen molar-refractivity contribution in [1.82, 2.24) is 4.90 Å². The zero-order chi connectivity index (χ0) is 18.9. The minimum Gasteiger partial charge on any atom is -0.380 e. The maximum Gasteiger partial charge on any atom is 0.117 e. The average Bonchev–Trinajstić information content (AvgIpc) is 2.68. The molecule has 2 aromatic carbocycles. The van der Waals surface area contributed by atoms with E-state index < -0.39 is 5.60 Å². The first kappa shape index (κ1) is 18.8. The molecule has 0 aliphatic carbocycles. The Labute approximate surface area is 166 Å². The molecule has 0 radical (unpaired) electrons. The van der Waals surface area contributed by atoms with E-state index in [4.69, 9.17) is 4.74 Å². The molecule has 0 spiro atoms. The molecular weight excluding hydrogens is 356 g/mol. The van der Waals surface area contributed by atoms with Crippen LogP contribution in [0.3, 0.4) is 0 Å². The fourth-order valence-corrected chi connectivity index (χ4v) is 5.23. The van der Waals surface area contributed by atoms with Gasteiger partial charge in [-0.05, 0) is 57.7 Å². The number of benzene rings is 2. The largest absolute Gasteiger partial charge is 0.380 e. The van der Waals surface area contributed by atoms with Crippen LogP contribution in [0.4, 0.5) is 5.69 Å². The van der Waals surface area contributed by atoms with Crippen LogP contribution < -0.4 is 4.90 Å². The highest BCUT2D eigenvalue weighted by Gasteiger charge is 2.39. The van der Waals surface area contributed by atoms with Crippen LogP contribution in [-0.2, 0) is 10.3 Å². The first-order chi connectivity index (χ1) is 13.1. The molecule has 1 atom stereocenters. The summed E-state index contributed by atoms with van der Waals surface area (Å²) in [6, 6.07) is 14.9. The molecule has 2 aliphatic heterocycles. The molecular formula is C22H28N2O2S. The predicted octanol–water partition coefficient (Wildman–Crippen LogP) is 3.57. The predicted molar refractivity (Wildman–Crippen MR) is 111 cm³/mol. The molecule has 1 N–H and O–H groups in total. The van der Waals surface area contributed by atoms with E-state index in [1.807, 2.05) is 6.07 Å². The maximum absolute atomic E-state index is 11.9. The summed E-state index contributed by atoms with van der Waals surface area (Å²) in [5.41, 5.74) is 2.34. The monoisotopic (exact) mass is 384 g/mol. The van der Waals surface area contributed by atoms with E-state index in [1.165, 1.54) is 5.69 Å². The number of aliphatic hydroxyl groups is 1. The Morgan fingerprint density at radius 2 is 1.81 bits per heavy atom. The van der Waals surface area contributed by atoms with Crippen LogP contribution in [0.2, 0.25) is 0 Å². The van der Waals surface area contributed by atoms with Gasteiger partial charge in [-0.15, -0.1) is 0 Å². The van der Waals surface area contributed by atoms with Gasteiger partial charge in [-0.3, -0.25) is 0 Å². The third-order valence-electron chi connectivity index (χ3n) is 5.48. The lowest BCUT2D eigenvalue weighted by molar-refractivity contribution is 0.0600. The molecule has 144 valence electrons. The SMILES string of the molecule is CN(C)CCCC1(O)c2ccccc2Sc2ccc(N3CCOCC3)cc21. The summed E-state index contributed by atoms with van der Waals surface area (Å²) in [5.74, 6) is 0. The molecule has 4 rings (SSSR count). The van der Waals surface area contributed by atoms with Crippen LogP contribution in [0.1, 0.15) is 24.0 Å². The molecule has 2 aromatic rings. The van der Waals surface area contributed by atoms with Gasteiger partial charge in [0.15, 0.2) is 0 Å². The van der Waals surface area contributed by atoms with Crippen LogP contribution in [0.5, 0.6) is 0 Å². The summed E-state index contributed by atoms with van der Waals surface area (Å²) in [4.78, 5) is 6.86. The lowest BCUT2D eigenvalue weighted by Gasteiger charge is -2.38. The van der Waals surface area contributed by atoms with Gasteiger partial charge in [0.05, 0.1) is 13.2 Å². The first-order valence-corrected chi connectivity index (χ1v) is 10.5. The fourth-order valence-electron chi connectivity index (χ4n) is 4.03. The summed E-state index contributed by atoms with van der Waals surface area (Å²) >= 11 is 1.77. The van der Waals surface area contributed by atoms with Gasteiger partial charge in [0.2, 0.25) is 0 Å². The fraction of sp³-hybridized carbons (Fsp3) is 0.455. The Morgan fingerprint density at radius 1 is 1.07 bits per heavy atom. The topological polar surface area (TPSA) is 35.9 Å². The van der Waals surface area contributed by atoms with Gasteiger partial charge in [-0.25, -0.2) is 0 Å². The summed E-state index contributed by atoms with van der Waals surface area (Å²) < 4.78 is 5.50. The number of hydrogen-bond donors (Lipinski definition) is 1. The quantitative estimate of drug-likeness (QED) is 0.853. The summed E-state index contributed by atoms with van der Waals surface area (Å²) in [6.07, 6.45) is 1.67. The Kier molecular flexibility index (Phi) is 5.46. The van der Waals surface area contributed by atoms with Crippen LogP contribution >= 0.6 is 11.8 Å². The van der Waals surface area contributed by atoms with Crippen LogP contribution in [0.25, 0.3) is 0 Å². The van der Waals surface area contributed by atoms with E-state index in [0.29, 0.717) is 0 Å². The standard InChI is InChI=1S/C22H28N2O2S/c1-23(2)11-5-10-22(25)18-6-3-4-7-20(18)27-21-9-8-17(16-19(21)22)24-12-14-26-15-13-24/h3-4,6-9,16,25H,5,10-15H2,1-2H3. The Bertz CT molecular complexity index is 805. The third kappa shape index (κ3) is 3.74. The van der Waals surface area contributed by atoms with Gasteiger partial charge in [0.25, 0.3) is 0 Å². The van der Waals surface area contributed by atoms with Crippen molar-refractivity contribution in [2.75, 3.05) is 51.8 Å². The first-order valence-electron chi connectivity index (χ1n) is 9.69. The second kappa shape index (κ2) is 7.84. The highest BCUT2D eigenvalue weighted by atomic mass is 32.2. The van der Waals surface area contributed by atoms with Crippen molar-refractivity contribution in [3.05, 3.63) is 53.6 Å². The van der Waals surface area contributed by atoms with Crippen LogP contribution in [0, 0.1) is 0 Å². The normalized spacial score (nSPS) is 21.9. The molecule has 5 heteroatoms. The van der Waals surface area contributed by atoms with E-state index in [2.05, 4.69) is 60.3 Å². The lowest BCUT2D eigenvalue weighted by atomic mass is 9.81. The Balaban J connectivity index is 1.72. The van der Waals surface area contributed by atoms with Crippen LogP contribution in [0.15, 0.2) is 52.3 Å². The second-order valence-electron chi connectivity index (χ2n) is 7.65. The Morgan fingerprint density at radius 3 is 2.59 bits per heavy atom. The van der Waals surface area contributed by atoms with Crippen molar-refractivity contribution < 1.29 is 9.84 Å². The molecule has 1 fully saturated rings. The highest BCUT2D eigenvalue weighted by molar-refractivity contribution is 7.99. The van der Waals surface area contributed by atoms with E-state index >= 15 is 0 Å². The molecule has 2 aliphatic rings. The molecule has 0 amide bonds. The van der Waals surface area contributed by atoms with Crippen LogP contribution in [-0.4, -0.2) is 56.9 Å². The highest BCUT2D eigenvalue weighted by Crippen LogP contribution is 2.50. The van der Waals surface area contributed by atoms with Crippen molar-refractivity contribution in [2.24, 2.45) is 0 Å². The van der Waals surface area contributed by atoms with Gasteiger partial charge in [0.1, 0.15) is 5.60 Å². The molecule has 0 saturated carbocycles. The minimum atomic E-state index is -0.935. The molecule has 0 aromatic heterocycles. The molecule has 1 unspecified atom stereocenters. The molecule has 2 heterocycles. The van der Waals surface area contributed by atoms with Gasteiger partial charge < -0.3 is 19.6 Å². The van der Waals surface area contributed by atoms with Crippen molar-refractivity contribution in [3.8, 4) is 0 Å². The molecule has 1 saturated heterocycles. The number of nitrogens with zero attached hydrogens (tertiary/aromatic N) is 2. The zero-order valence-corrected chi connectivity index (χ0v) is 17.0. The number of rotatable bonds is 5. The van der Waals surface area contributed by atoms with Gasteiger partial charge in [0, 0.05) is 39.7 Å². The van der Waals surface area contributed by atoms with E-state index in [1.54, 1.807) is 11.8 Å². The molecule has 4 nitrogen and oxygen atoms in total. The summed E-state index contributed by atoms with van der Waals surface area (Å²) in [5, 5.41) is 11.9. The number of fused-ring (bicyclic) bond motifs is 2.